The topological polar surface area (TPSA) is 58.6 Å². The van der Waals surface area contributed by atoms with Crippen molar-refractivity contribution in [3.8, 4) is 5.75 Å². The highest BCUT2D eigenvalue weighted by atomic mass is 35.5. The molecule has 0 bridgehead atoms. The molecule has 1 N–H and O–H groups in total. The van der Waals surface area contributed by atoms with Crippen LogP contribution >= 0.6 is 11.6 Å². The molecule has 1 unspecified atom stereocenters. The average molecular weight is 445 g/mol. The lowest BCUT2D eigenvalue weighted by Crippen LogP contribution is -2.53. The molecule has 2 aromatic carbocycles. The summed E-state index contributed by atoms with van der Waals surface area (Å²) in [6, 6.07) is 16.3. The van der Waals surface area contributed by atoms with Gasteiger partial charge >= 0.3 is 0 Å². The van der Waals surface area contributed by atoms with Gasteiger partial charge in [0.1, 0.15) is 11.8 Å². The first-order valence-corrected chi connectivity index (χ1v) is 11.1. The number of carbonyl (C=O) groups excluding carboxylic acids is 2. The Morgan fingerprint density at radius 2 is 1.71 bits per heavy atom. The zero-order chi connectivity index (χ0) is 22.9. The molecule has 0 aromatic heterocycles. The minimum Gasteiger partial charge on any atom is -0.494 e. The van der Waals surface area contributed by atoms with Crippen LogP contribution < -0.4 is 10.1 Å². The summed E-state index contributed by atoms with van der Waals surface area (Å²) < 4.78 is 5.70. The Morgan fingerprint density at radius 3 is 2.29 bits per heavy atom. The summed E-state index contributed by atoms with van der Waals surface area (Å²) in [7, 11) is 0. The number of benzene rings is 2. The monoisotopic (exact) mass is 444 g/mol. The Balaban J connectivity index is 2.08. The van der Waals surface area contributed by atoms with Crippen molar-refractivity contribution in [2.45, 2.75) is 65.1 Å². The Labute approximate surface area is 190 Å². The van der Waals surface area contributed by atoms with Crippen molar-refractivity contribution < 1.29 is 14.3 Å². The highest BCUT2D eigenvalue weighted by Crippen LogP contribution is 2.18. The van der Waals surface area contributed by atoms with Crippen molar-refractivity contribution in [2.75, 3.05) is 6.61 Å². The highest BCUT2D eigenvalue weighted by Gasteiger charge is 2.30. The standard InChI is InChI=1S/C25H33ClN2O3/c1-5-22(24(30)27-25(2,3)4)28(18-19-13-15-20(26)16-14-19)23(29)12-9-17-31-21-10-7-6-8-11-21/h6-8,10-11,13-16,22H,5,9,12,17-18H2,1-4H3,(H,27,30). The Kier molecular flexibility index (Phi) is 9.38. The predicted octanol–water partition coefficient (Wildman–Crippen LogP) is 5.22. The fourth-order valence-corrected chi connectivity index (χ4v) is 3.36. The Morgan fingerprint density at radius 1 is 1.06 bits per heavy atom. The maximum Gasteiger partial charge on any atom is 0.243 e. The third kappa shape index (κ3) is 8.62. The molecule has 0 saturated carbocycles. The molecule has 1 atom stereocenters. The summed E-state index contributed by atoms with van der Waals surface area (Å²) in [4.78, 5) is 27.8. The first-order chi connectivity index (χ1) is 14.7. The fourth-order valence-electron chi connectivity index (χ4n) is 3.23. The van der Waals surface area contributed by atoms with E-state index >= 15 is 0 Å². The minimum absolute atomic E-state index is 0.0671. The van der Waals surface area contributed by atoms with E-state index in [1.54, 1.807) is 17.0 Å². The first kappa shape index (κ1) is 24.7. The number of hydrogen-bond acceptors (Lipinski definition) is 3. The van der Waals surface area contributed by atoms with Crippen LogP contribution in [0.5, 0.6) is 5.75 Å². The number of halogens is 1. The van der Waals surface area contributed by atoms with E-state index < -0.39 is 6.04 Å². The second-order valence-corrected chi connectivity index (χ2v) is 9.01. The molecule has 0 spiro atoms. The lowest BCUT2D eigenvalue weighted by Gasteiger charge is -2.33. The lowest BCUT2D eigenvalue weighted by atomic mass is 10.0. The van der Waals surface area contributed by atoms with Gasteiger partial charge in [0.25, 0.3) is 0 Å². The van der Waals surface area contributed by atoms with Gasteiger partial charge in [-0.25, -0.2) is 0 Å². The van der Waals surface area contributed by atoms with Crippen LogP contribution in [0.4, 0.5) is 0 Å². The van der Waals surface area contributed by atoms with Crippen LogP contribution in [0, 0.1) is 0 Å². The zero-order valence-corrected chi connectivity index (χ0v) is 19.6. The summed E-state index contributed by atoms with van der Waals surface area (Å²) in [5.74, 6) is 0.573. The molecule has 0 aliphatic rings. The summed E-state index contributed by atoms with van der Waals surface area (Å²) in [6.45, 7) is 8.52. The molecule has 0 radical (unpaired) electrons. The predicted molar refractivity (Wildman–Crippen MR) is 125 cm³/mol. The van der Waals surface area contributed by atoms with Gasteiger partial charge in [0, 0.05) is 23.5 Å². The third-order valence-corrected chi connectivity index (χ3v) is 4.95. The fraction of sp³-hybridized carbons (Fsp3) is 0.440. The van der Waals surface area contributed by atoms with Crippen LogP contribution in [0.3, 0.4) is 0 Å². The molecule has 2 rings (SSSR count). The number of ether oxygens (including phenoxy) is 1. The molecular weight excluding hydrogens is 412 g/mol. The molecule has 6 heteroatoms. The van der Waals surface area contributed by atoms with Crippen LogP contribution in [0.25, 0.3) is 0 Å². The summed E-state index contributed by atoms with van der Waals surface area (Å²) in [6.07, 6.45) is 1.41. The van der Waals surface area contributed by atoms with E-state index in [9.17, 15) is 9.59 Å². The quantitative estimate of drug-likeness (QED) is 0.511. The van der Waals surface area contributed by atoms with E-state index in [-0.39, 0.29) is 17.4 Å². The molecule has 2 aromatic rings. The second kappa shape index (κ2) is 11.8. The average Bonchev–Trinajstić information content (AvgIpc) is 2.72. The van der Waals surface area contributed by atoms with Gasteiger partial charge in [-0.2, -0.15) is 0 Å². The molecule has 168 valence electrons. The maximum absolute atomic E-state index is 13.2. The summed E-state index contributed by atoms with van der Waals surface area (Å²) >= 11 is 6.00. The molecule has 0 saturated heterocycles. The number of rotatable bonds is 10. The molecule has 5 nitrogen and oxygen atoms in total. The van der Waals surface area contributed by atoms with Gasteiger partial charge in [-0.3, -0.25) is 9.59 Å². The largest absolute Gasteiger partial charge is 0.494 e. The van der Waals surface area contributed by atoms with Gasteiger partial charge in [-0.05, 0) is 63.4 Å². The first-order valence-electron chi connectivity index (χ1n) is 10.7. The van der Waals surface area contributed by atoms with Gasteiger partial charge < -0.3 is 15.0 Å². The van der Waals surface area contributed by atoms with Gasteiger partial charge in [-0.15, -0.1) is 0 Å². The summed E-state index contributed by atoms with van der Waals surface area (Å²) in [5.41, 5.74) is 0.559. The minimum atomic E-state index is -0.544. The van der Waals surface area contributed by atoms with E-state index in [0.717, 1.165) is 11.3 Å². The molecule has 0 heterocycles. The van der Waals surface area contributed by atoms with Crippen LogP contribution in [-0.2, 0) is 16.1 Å². The van der Waals surface area contributed by atoms with Crippen molar-refractivity contribution in [2.24, 2.45) is 0 Å². The van der Waals surface area contributed by atoms with Gasteiger partial charge in [0.15, 0.2) is 0 Å². The number of nitrogens with zero attached hydrogens (tertiary/aromatic N) is 1. The maximum atomic E-state index is 13.2. The molecule has 0 fully saturated rings. The van der Waals surface area contributed by atoms with Crippen LogP contribution in [0.1, 0.15) is 52.5 Å². The van der Waals surface area contributed by atoms with Gasteiger partial charge in [0.05, 0.1) is 6.61 Å². The van der Waals surface area contributed by atoms with E-state index in [1.807, 2.05) is 70.2 Å². The molecule has 31 heavy (non-hydrogen) atoms. The molecule has 0 aliphatic heterocycles. The smallest absolute Gasteiger partial charge is 0.243 e. The molecular formula is C25H33ClN2O3. The Bertz CT molecular complexity index is 832. The van der Waals surface area contributed by atoms with Gasteiger partial charge in [-0.1, -0.05) is 48.9 Å². The van der Waals surface area contributed by atoms with Crippen LogP contribution in [0.15, 0.2) is 54.6 Å². The SMILES string of the molecule is CCC(C(=O)NC(C)(C)C)N(Cc1ccc(Cl)cc1)C(=O)CCCOc1ccccc1. The van der Waals surface area contributed by atoms with E-state index in [0.29, 0.717) is 37.4 Å². The Hall–Kier alpha value is -2.53. The number of nitrogens with one attached hydrogen (secondary N) is 1. The van der Waals surface area contributed by atoms with Crippen LogP contribution in [0.2, 0.25) is 5.02 Å². The third-order valence-electron chi connectivity index (χ3n) is 4.70. The van der Waals surface area contributed by atoms with Crippen molar-refractivity contribution in [1.29, 1.82) is 0 Å². The van der Waals surface area contributed by atoms with E-state index in [1.165, 1.54) is 0 Å². The molecule has 2 amide bonds. The number of amides is 2. The van der Waals surface area contributed by atoms with Crippen molar-refractivity contribution in [3.63, 3.8) is 0 Å². The number of para-hydroxylation sites is 1. The van der Waals surface area contributed by atoms with Gasteiger partial charge in [0.2, 0.25) is 11.8 Å². The zero-order valence-electron chi connectivity index (χ0n) is 18.9. The molecule has 0 aliphatic carbocycles. The second-order valence-electron chi connectivity index (χ2n) is 8.58. The lowest BCUT2D eigenvalue weighted by molar-refractivity contribution is -0.142. The van der Waals surface area contributed by atoms with Crippen molar-refractivity contribution in [1.82, 2.24) is 10.2 Å². The number of carbonyl (C=O) groups is 2. The normalized spacial score (nSPS) is 12.2. The van der Waals surface area contributed by atoms with E-state index in [2.05, 4.69) is 5.32 Å². The highest BCUT2D eigenvalue weighted by molar-refractivity contribution is 6.30. The van der Waals surface area contributed by atoms with Crippen molar-refractivity contribution >= 4 is 23.4 Å². The van der Waals surface area contributed by atoms with Crippen LogP contribution in [-0.4, -0.2) is 34.9 Å². The summed E-state index contributed by atoms with van der Waals surface area (Å²) in [5, 5.41) is 3.65. The van der Waals surface area contributed by atoms with Crippen molar-refractivity contribution in [3.05, 3.63) is 65.2 Å². The van der Waals surface area contributed by atoms with E-state index in [4.69, 9.17) is 16.3 Å². The number of hydrogen-bond donors (Lipinski definition) is 1.